The lowest BCUT2D eigenvalue weighted by molar-refractivity contribution is -0.380. The third-order valence-electron chi connectivity index (χ3n) is 2.08. The Labute approximate surface area is 108 Å². The molecule has 0 unspecified atom stereocenters. The summed E-state index contributed by atoms with van der Waals surface area (Å²) in [6, 6.07) is 0. The molecule has 1 heterocycles. The van der Waals surface area contributed by atoms with Gasteiger partial charge in [0.2, 0.25) is 0 Å². The molecule has 1 aromatic rings. The summed E-state index contributed by atoms with van der Waals surface area (Å²) in [6.45, 7) is 0.864. The van der Waals surface area contributed by atoms with Crippen molar-refractivity contribution in [2.75, 3.05) is 38.6 Å². The predicted octanol–water partition coefficient (Wildman–Crippen LogP) is 0.504. The molecule has 0 radical (unpaired) electrons. The maximum Gasteiger partial charge on any atom is 0.345 e. The highest BCUT2D eigenvalue weighted by Gasteiger charge is 2.18. The van der Waals surface area contributed by atoms with Crippen LogP contribution in [0.15, 0.2) is 6.20 Å². The highest BCUT2D eigenvalue weighted by Crippen LogP contribution is 2.27. The van der Waals surface area contributed by atoms with Gasteiger partial charge in [0.25, 0.3) is 0 Å². The summed E-state index contributed by atoms with van der Waals surface area (Å²) < 4.78 is 0. The van der Waals surface area contributed by atoms with E-state index in [0.29, 0.717) is 18.2 Å². The Balaban J connectivity index is 2.79. The number of hydrogen-bond acceptors (Lipinski definition) is 7. The van der Waals surface area contributed by atoms with E-state index in [4.69, 9.17) is 5.11 Å². The van der Waals surface area contributed by atoms with Gasteiger partial charge in [0.1, 0.15) is 12.7 Å². The van der Waals surface area contributed by atoms with Crippen LogP contribution in [0.25, 0.3) is 0 Å². The summed E-state index contributed by atoms with van der Waals surface area (Å²) >= 11 is 0.877. The normalized spacial score (nSPS) is 10.6. The minimum atomic E-state index is -0.994. The quantitative estimate of drug-likeness (QED) is 0.571. The van der Waals surface area contributed by atoms with Crippen molar-refractivity contribution in [1.29, 1.82) is 0 Å². The van der Waals surface area contributed by atoms with E-state index in [0.717, 1.165) is 17.5 Å². The lowest BCUT2D eigenvalue weighted by atomic mass is 10.5. The first-order valence-electron chi connectivity index (χ1n) is 5.12. The lowest BCUT2D eigenvalue weighted by Crippen LogP contribution is -2.35. The number of nitro groups is 1. The minimum absolute atomic E-state index is 0.0924. The molecule has 0 aliphatic rings. The highest BCUT2D eigenvalue weighted by molar-refractivity contribution is 7.18. The van der Waals surface area contributed by atoms with E-state index in [1.807, 2.05) is 19.0 Å². The first-order chi connectivity index (χ1) is 8.40. The standard InChI is InChI=1S/C9H14N4O4S/c1-11(2)3-4-12(6-8(14)15)9-10-5-7(18-9)13(16)17/h5H,3-4,6H2,1-2H3,(H,14,15). The molecule has 0 aliphatic carbocycles. The fourth-order valence-corrected chi connectivity index (χ4v) is 1.97. The van der Waals surface area contributed by atoms with Crippen molar-refractivity contribution in [2.24, 2.45) is 0 Å². The average Bonchev–Trinajstić information content (AvgIpc) is 2.72. The molecule has 0 saturated carbocycles. The van der Waals surface area contributed by atoms with Gasteiger partial charge in [0, 0.05) is 13.1 Å². The molecule has 9 heteroatoms. The second-order valence-corrected chi connectivity index (χ2v) is 4.84. The number of hydrogen-bond donors (Lipinski definition) is 1. The smallest absolute Gasteiger partial charge is 0.345 e. The van der Waals surface area contributed by atoms with Crippen molar-refractivity contribution < 1.29 is 14.8 Å². The molecule has 0 aromatic carbocycles. The number of carbonyl (C=O) groups is 1. The topological polar surface area (TPSA) is 99.8 Å². The predicted molar refractivity (Wildman–Crippen MR) is 67.2 cm³/mol. The van der Waals surface area contributed by atoms with Gasteiger partial charge >= 0.3 is 11.0 Å². The zero-order chi connectivity index (χ0) is 13.7. The molecule has 0 aliphatic heterocycles. The molecule has 0 bridgehead atoms. The number of aromatic nitrogens is 1. The van der Waals surface area contributed by atoms with Gasteiger partial charge in [0.05, 0.1) is 4.92 Å². The van der Waals surface area contributed by atoms with Crippen LogP contribution in [0.3, 0.4) is 0 Å². The second kappa shape index (κ2) is 6.26. The highest BCUT2D eigenvalue weighted by atomic mass is 32.1. The molecule has 0 spiro atoms. The van der Waals surface area contributed by atoms with Crippen molar-refractivity contribution in [3.05, 3.63) is 16.3 Å². The monoisotopic (exact) mass is 274 g/mol. The minimum Gasteiger partial charge on any atom is -0.480 e. The molecule has 100 valence electrons. The number of thiazole rings is 1. The molecule has 1 rings (SSSR count). The SMILES string of the molecule is CN(C)CCN(CC(=O)O)c1ncc([N+](=O)[O-])s1. The van der Waals surface area contributed by atoms with Crippen molar-refractivity contribution in [3.63, 3.8) is 0 Å². The molecule has 0 amide bonds. The molecule has 18 heavy (non-hydrogen) atoms. The number of carboxylic acids is 1. The summed E-state index contributed by atoms with van der Waals surface area (Å²) in [5.74, 6) is -0.994. The molecule has 8 nitrogen and oxygen atoms in total. The van der Waals surface area contributed by atoms with Crippen molar-refractivity contribution in [2.45, 2.75) is 0 Å². The van der Waals surface area contributed by atoms with Crippen LogP contribution in [-0.2, 0) is 4.79 Å². The number of rotatable bonds is 7. The number of carboxylic acid groups (broad SMARTS) is 1. The summed E-state index contributed by atoms with van der Waals surface area (Å²) in [7, 11) is 3.73. The Hall–Kier alpha value is -1.74. The first kappa shape index (κ1) is 14.3. The van der Waals surface area contributed by atoms with E-state index < -0.39 is 10.9 Å². The summed E-state index contributed by atoms with van der Waals surface area (Å²) in [6.07, 6.45) is 1.14. The molecule has 0 saturated heterocycles. The van der Waals surface area contributed by atoms with Gasteiger partial charge in [-0.1, -0.05) is 0 Å². The fraction of sp³-hybridized carbons (Fsp3) is 0.556. The Morgan fingerprint density at radius 3 is 2.67 bits per heavy atom. The number of aliphatic carboxylic acids is 1. The van der Waals surface area contributed by atoms with Gasteiger partial charge in [-0.3, -0.25) is 14.9 Å². The van der Waals surface area contributed by atoms with Crippen LogP contribution in [-0.4, -0.2) is 59.6 Å². The number of likely N-dealkylation sites (N-methyl/N-ethyl adjacent to an activating group) is 1. The Kier molecular flexibility index (Phi) is 4.98. The average molecular weight is 274 g/mol. The summed E-state index contributed by atoms with van der Waals surface area (Å²) in [4.78, 5) is 28.1. The van der Waals surface area contributed by atoms with Crippen molar-refractivity contribution in [1.82, 2.24) is 9.88 Å². The Bertz CT molecular complexity index is 434. The van der Waals surface area contributed by atoms with Crippen molar-refractivity contribution >= 4 is 27.4 Å². The van der Waals surface area contributed by atoms with Crippen LogP contribution < -0.4 is 4.90 Å². The van der Waals surface area contributed by atoms with Gasteiger partial charge in [-0.25, -0.2) is 4.98 Å². The third kappa shape index (κ3) is 4.26. The van der Waals surface area contributed by atoms with Crippen molar-refractivity contribution in [3.8, 4) is 0 Å². The molecular weight excluding hydrogens is 260 g/mol. The van der Waals surface area contributed by atoms with E-state index in [1.54, 1.807) is 0 Å². The largest absolute Gasteiger partial charge is 0.480 e. The van der Waals surface area contributed by atoms with Crippen LogP contribution >= 0.6 is 11.3 Å². The van der Waals surface area contributed by atoms with Gasteiger partial charge < -0.3 is 14.9 Å². The van der Waals surface area contributed by atoms with E-state index in [-0.39, 0.29) is 11.5 Å². The first-order valence-corrected chi connectivity index (χ1v) is 5.93. The van der Waals surface area contributed by atoms with Crippen LogP contribution in [0.1, 0.15) is 0 Å². The maximum atomic E-state index is 10.8. The van der Waals surface area contributed by atoms with Gasteiger partial charge in [0.15, 0.2) is 5.13 Å². The van der Waals surface area contributed by atoms with E-state index in [2.05, 4.69) is 4.98 Å². The summed E-state index contributed by atoms with van der Waals surface area (Å²) in [5.41, 5.74) is 0. The van der Waals surface area contributed by atoms with E-state index in [9.17, 15) is 14.9 Å². The Morgan fingerprint density at radius 2 is 2.22 bits per heavy atom. The second-order valence-electron chi connectivity index (χ2n) is 3.86. The van der Waals surface area contributed by atoms with Crippen LogP contribution in [0.4, 0.5) is 10.1 Å². The molecular formula is C9H14N4O4S. The number of nitrogens with zero attached hydrogens (tertiary/aromatic N) is 4. The van der Waals surface area contributed by atoms with Crippen LogP contribution in [0.2, 0.25) is 0 Å². The Morgan fingerprint density at radius 1 is 1.56 bits per heavy atom. The zero-order valence-corrected chi connectivity index (χ0v) is 10.9. The lowest BCUT2D eigenvalue weighted by Gasteiger charge is -2.21. The fourth-order valence-electron chi connectivity index (χ4n) is 1.21. The third-order valence-corrected chi connectivity index (χ3v) is 3.08. The molecule has 1 aromatic heterocycles. The van der Waals surface area contributed by atoms with E-state index in [1.165, 1.54) is 4.90 Å². The summed E-state index contributed by atoms with van der Waals surface area (Å²) in [5, 5.41) is 19.6. The zero-order valence-electron chi connectivity index (χ0n) is 10.1. The maximum absolute atomic E-state index is 10.8. The van der Waals surface area contributed by atoms with E-state index >= 15 is 0 Å². The van der Waals surface area contributed by atoms with Gasteiger partial charge in [-0.05, 0) is 25.4 Å². The van der Waals surface area contributed by atoms with Gasteiger partial charge in [-0.2, -0.15) is 0 Å². The molecule has 0 atom stereocenters. The van der Waals surface area contributed by atoms with Crippen LogP contribution in [0, 0.1) is 10.1 Å². The number of anilines is 1. The molecule has 1 N–H and O–H groups in total. The van der Waals surface area contributed by atoms with Crippen LogP contribution in [0.5, 0.6) is 0 Å². The van der Waals surface area contributed by atoms with Gasteiger partial charge in [-0.15, -0.1) is 0 Å². The molecule has 0 fully saturated rings.